The van der Waals surface area contributed by atoms with Gasteiger partial charge in [-0.05, 0) is 26.3 Å². The topological polar surface area (TPSA) is 47.9 Å². The van der Waals surface area contributed by atoms with E-state index in [4.69, 9.17) is 9.47 Å². The van der Waals surface area contributed by atoms with Crippen molar-refractivity contribution in [3.05, 3.63) is 48.0 Å². The van der Waals surface area contributed by atoms with Gasteiger partial charge in [0.05, 0.1) is 0 Å². The number of carbonyl (C=O) groups excluding carboxylic acids is 1. The van der Waals surface area contributed by atoms with Crippen LogP contribution in [0.3, 0.4) is 0 Å². The second-order valence-electron chi connectivity index (χ2n) is 4.18. The molecule has 0 aliphatic carbocycles. The van der Waals surface area contributed by atoms with Crippen LogP contribution in [0.25, 0.3) is 0 Å². The fourth-order valence-corrected chi connectivity index (χ4v) is 1.32. The highest BCUT2D eigenvalue weighted by molar-refractivity contribution is 5.87. The van der Waals surface area contributed by atoms with Crippen molar-refractivity contribution in [2.24, 2.45) is 4.99 Å². The predicted octanol–water partition coefficient (Wildman–Crippen LogP) is 2.93. The van der Waals surface area contributed by atoms with E-state index in [1.807, 2.05) is 30.3 Å². The lowest BCUT2D eigenvalue weighted by Crippen LogP contribution is -2.22. The molecule has 0 bridgehead atoms. The molecule has 0 amide bonds. The highest BCUT2D eigenvalue weighted by Crippen LogP contribution is 2.05. The molecule has 0 heterocycles. The summed E-state index contributed by atoms with van der Waals surface area (Å²) >= 11 is 0. The largest absolute Gasteiger partial charge is 0.433 e. The molecule has 0 saturated heterocycles. The zero-order chi connectivity index (χ0) is 14.3. The number of rotatable bonds is 6. The zero-order valence-electron chi connectivity index (χ0n) is 11.5. The third-order valence-electron chi connectivity index (χ3n) is 2.24. The van der Waals surface area contributed by atoms with E-state index < -0.39 is 18.5 Å². The zero-order valence-corrected chi connectivity index (χ0v) is 11.5. The second-order valence-corrected chi connectivity index (χ2v) is 4.18. The van der Waals surface area contributed by atoms with Crippen LogP contribution < -0.4 is 0 Å². The molecular formula is C15H19NO3. The van der Waals surface area contributed by atoms with Crippen molar-refractivity contribution in [3.63, 3.8) is 0 Å². The average molecular weight is 261 g/mol. The average Bonchev–Trinajstić information content (AvgIpc) is 2.37. The van der Waals surface area contributed by atoms with Gasteiger partial charge in [-0.3, -0.25) is 4.99 Å². The molecule has 2 atom stereocenters. The molecule has 1 aromatic rings. The molecule has 2 unspecified atom stereocenters. The van der Waals surface area contributed by atoms with Crippen molar-refractivity contribution in [2.75, 3.05) is 0 Å². The second kappa shape index (κ2) is 7.48. The van der Waals surface area contributed by atoms with E-state index in [-0.39, 0.29) is 0 Å². The Hall–Kier alpha value is -1.94. The van der Waals surface area contributed by atoms with Crippen molar-refractivity contribution in [1.29, 1.82) is 0 Å². The van der Waals surface area contributed by atoms with Crippen molar-refractivity contribution >= 4 is 12.2 Å². The number of esters is 1. The Morgan fingerprint density at radius 1 is 1.32 bits per heavy atom. The van der Waals surface area contributed by atoms with Crippen LogP contribution in [0.5, 0.6) is 0 Å². The van der Waals surface area contributed by atoms with Crippen LogP contribution in [0.15, 0.2) is 47.5 Å². The maximum atomic E-state index is 11.3. The Balaban J connectivity index is 2.42. The molecule has 4 nitrogen and oxygen atoms in total. The maximum Gasteiger partial charge on any atom is 0.335 e. The Labute approximate surface area is 113 Å². The SMILES string of the molecule is C=C(C)C(=O)OC(C)OC(C)N=Cc1ccccc1. The molecule has 0 aliphatic heterocycles. The van der Waals surface area contributed by atoms with Crippen LogP contribution in [0.4, 0.5) is 0 Å². The quantitative estimate of drug-likeness (QED) is 0.342. The van der Waals surface area contributed by atoms with Gasteiger partial charge in [-0.15, -0.1) is 0 Å². The van der Waals surface area contributed by atoms with Gasteiger partial charge in [-0.25, -0.2) is 4.79 Å². The van der Waals surface area contributed by atoms with Crippen LogP contribution in [0, 0.1) is 0 Å². The van der Waals surface area contributed by atoms with Gasteiger partial charge in [0.2, 0.25) is 6.29 Å². The van der Waals surface area contributed by atoms with Crippen LogP contribution in [0.1, 0.15) is 26.3 Å². The van der Waals surface area contributed by atoms with Gasteiger partial charge in [0.25, 0.3) is 0 Å². The molecule has 102 valence electrons. The van der Waals surface area contributed by atoms with Gasteiger partial charge in [-0.1, -0.05) is 36.9 Å². The molecule has 0 aliphatic rings. The van der Waals surface area contributed by atoms with Crippen LogP contribution in [-0.2, 0) is 14.3 Å². The van der Waals surface area contributed by atoms with E-state index in [0.29, 0.717) is 5.57 Å². The first-order valence-corrected chi connectivity index (χ1v) is 6.09. The Morgan fingerprint density at radius 3 is 2.53 bits per heavy atom. The number of ether oxygens (including phenoxy) is 2. The predicted molar refractivity (Wildman–Crippen MR) is 75.0 cm³/mol. The van der Waals surface area contributed by atoms with Gasteiger partial charge in [0.15, 0.2) is 0 Å². The van der Waals surface area contributed by atoms with E-state index in [1.54, 1.807) is 27.0 Å². The number of hydrogen-bond donors (Lipinski definition) is 0. The molecule has 0 spiro atoms. The van der Waals surface area contributed by atoms with E-state index in [2.05, 4.69) is 11.6 Å². The van der Waals surface area contributed by atoms with E-state index in [9.17, 15) is 4.79 Å². The molecule has 0 aromatic heterocycles. The molecule has 4 heteroatoms. The first-order chi connectivity index (χ1) is 8.99. The summed E-state index contributed by atoms with van der Waals surface area (Å²) in [6, 6.07) is 9.70. The third-order valence-corrected chi connectivity index (χ3v) is 2.24. The van der Waals surface area contributed by atoms with Gasteiger partial charge in [-0.2, -0.15) is 0 Å². The van der Waals surface area contributed by atoms with E-state index in [0.717, 1.165) is 5.56 Å². The summed E-state index contributed by atoms with van der Waals surface area (Å²) in [6.45, 7) is 8.52. The summed E-state index contributed by atoms with van der Waals surface area (Å²) in [5, 5.41) is 0. The summed E-state index contributed by atoms with van der Waals surface area (Å²) in [5.41, 5.74) is 1.33. The van der Waals surface area contributed by atoms with Crippen molar-refractivity contribution in [3.8, 4) is 0 Å². The number of aliphatic imine (C=N–C) groups is 1. The van der Waals surface area contributed by atoms with Crippen LogP contribution >= 0.6 is 0 Å². The minimum Gasteiger partial charge on any atom is -0.433 e. The lowest BCUT2D eigenvalue weighted by molar-refractivity contribution is -0.177. The maximum absolute atomic E-state index is 11.3. The molecule has 0 radical (unpaired) electrons. The van der Waals surface area contributed by atoms with Crippen molar-refractivity contribution in [2.45, 2.75) is 33.3 Å². The lowest BCUT2D eigenvalue weighted by atomic mass is 10.2. The minimum atomic E-state index is -0.660. The first-order valence-electron chi connectivity index (χ1n) is 6.09. The Morgan fingerprint density at radius 2 is 1.95 bits per heavy atom. The smallest absolute Gasteiger partial charge is 0.335 e. The normalized spacial score (nSPS) is 14.1. The highest BCUT2D eigenvalue weighted by Gasteiger charge is 2.12. The van der Waals surface area contributed by atoms with E-state index in [1.165, 1.54) is 0 Å². The van der Waals surface area contributed by atoms with Crippen molar-refractivity contribution in [1.82, 2.24) is 0 Å². The monoisotopic (exact) mass is 261 g/mol. The number of nitrogens with zero attached hydrogens (tertiary/aromatic N) is 1. The number of carbonyl (C=O) groups is 1. The molecular weight excluding hydrogens is 242 g/mol. The summed E-state index contributed by atoms with van der Waals surface area (Å²) in [7, 11) is 0. The summed E-state index contributed by atoms with van der Waals surface area (Å²) in [6.07, 6.45) is 0.665. The minimum absolute atomic E-state index is 0.343. The standard InChI is InChI=1S/C15H19NO3/c1-11(2)15(17)19-13(4)18-12(3)16-10-14-8-6-5-7-9-14/h5-10,12-13H,1H2,2-4H3. The van der Waals surface area contributed by atoms with Gasteiger partial charge in [0, 0.05) is 11.8 Å². The summed E-state index contributed by atoms with van der Waals surface area (Å²) in [4.78, 5) is 15.5. The third kappa shape index (κ3) is 5.97. The Kier molecular flexibility index (Phi) is 5.96. The van der Waals surface area contributed by atoms with Gasteiger partial charge >= 0.3 is 5.97 Å². The fourth-order valence-electron chi connectivity index (χ4n) is 1.32. The summed E-state index contributed by atoms with van der Waals surface area (Å²) in [5.74, 6) is -0.466. The number of hydrogen-bond acceptors (Lipinski definition) is 4. The first kappa shape index (κ1) is 15.1. The van der Waals surface area contributed by atoms with Gasteiger partial charge < -0.3 is 9.47 Å². The molecule has 1 rings (SSSR count). The van der Waals surface area contributed by atoms with Crippen LogP contribution in [0.2, 0.25) is 0 Å². The van der Waals surface area contributed by atoms with Gasteiger partial charge in [0.1, 0.15) is 6.23 Å². The fraction of sp³-hybridized carbons (Fsp3) is 0.333. The van der Waals surface area contributed by atoms with Crippen LogP contribution in [-0.4, -0.2) is 24.7 Å². The molecule has 1 aromatic carbocycles. The van der Waals surface area contributed by atoms with E-state index >= 15 is 0 Å². The highest BCUT2D eigenvalue weighted by atomic mass is 16.7. The number of benzene rings is 1. The van der Waals surface area contributed by atoms with Crippen molar-refractivity contribution < 1.29 is 14.3 Å². The Bertz CT molecular complexity index is 454. The molecule has 0 N–H and O–H groups in total. The lowest BCUT2D eigenvalue weighted by Gasteiger charge is -2.16. The summed E-state index contributed by atoms with van der Waals surface area (Å²) < 4.78 is 10.4. The molecule has 19 heavy (non-hydrogen) atoms. The molecule has 0 saturated carbocycles. The molecule has 0 fully saturated rings.